The van der Waals surface area contributed by atoms with E-state index in [1.165, 1.54) is 10.5 Å². The van der Waals surface area contributed by atoms with E-state index in [2.05, 4.69) is 43.5 Å². The Morgan fingerprint density at radius 3 is 2.75 bits per heavy atom. The van der Waals surface area contributed by atoms with Gasteiger partial charge < -0.3 is 25.0 Å². The zero-order valence-corrected chi connectivity index (χ0v) is 32.4. The molecular formula is C42H53F3N8O3. The van der Waals surface area contributed by atoms with Gasteiger partial charge >= 0.3 is 6.18 Å². The fraction of sp³-hybridized carbons (Fsp3) is 0.571. The quantitative estimate of drug-likeness (QED) is 0.196. The van der Waals surface area contributed by atoms with Crippen LogP contribution in [0.15, 0.2) is 52.2 Å². The molecule has 2 saturated heterocycles. The number of carbonyl (C=O) groups excluding carboxylic acids is 1. The average Bonchev–Trinajstić information content (AvgIpc) is 3.92. The van der Waals surface area contributed by atoms with Gasteiger partial charge in [-0.3, -0.25) is 24.8 Å². The van der Waals surface area contributed by atoms with Crippen LogP contribution in [-0.4, -0.2) is 116 Å². The van der Waals surface area contributed by atoms with Gasteiger partial charge in [-0.2, -0.15) is 18.3 Å². The number of fused-ring (bicyclic) bond motifs is 7. The number of likely N-dealkylation sites (tertiary alicyclic amines) is 1. The number of rotatable bonds is 12. The van der Waals surface area contributed by atoms with Crippen LogP contribution in [0.1, 0.15) is 84.1 Å². The molecule has 6 heterocycles. The van der Waals surface area contributed by atoms with Crippen molar-refractivity contribution < 1.29 is 27.4 Å². The SMILES string of the molecule is C=N/C=C(\C=NCCC1(CCNC)CCC(CN2CCC3(CC2)COc2c3ccc3c2CNC3=O)CO1)C1c2ccc3[nH]ncc3c2C[C@@H](C)N1CC(F)(F)F. The number of aliphatic imine (C=N–C) groups is 2. The Kier molecular flexibility index (Phi) is 10.8. The third-order valence-corrected chi connectivity index (χ3v) is 13.1. The molecule has 3 N–H and O–H groups in total. The van der Waals surface area contributed by atoms with Crippen LogP contribution in [0.2, 0.25) is 0 Å². The number of H-pyrrole nitrogens is 1. The van der Waals surface area contributed by atoms with Crippen molar-refractivity contribution in [3.63, 3.8) is 0 Å². The number of hydrogen-bond acceptors (Lipinski definition) is 9. The maximum absolute atomic E-state index is 14.0. The predicted octanol–water partition coefficient (Wildman–Crippen LogP) is 5.90. The van der Waals surface area contributed by atoms with Gasteiger partial charge in [-0.15, -0.1) is 0 Å². The number of carbonyl (C=O) groups is 1. The zero-order valence-electron chi connectivity index (χ0n) is 32.4. The van der Waals surface area contributed by atoms with E-state index in [-0.39, 0.29) is 23.0 Å². The van der Waals surface area contributed by atoms with Gasteiger partial charge in [-0.05, 0) is 114 Å². The molecule has 0 saturated carbocycles. The number of alkyl halides is 3. The van der Waals surface area contributed by atoms with Crippen LogP contribution in [0.4, 0.5) is 13.2 Å². The summed E-state index contributed by atoms with van der Waals surface area (Å²) in [6.07, 6.45) is 6.70. The lowest BCUT2D eigenvalue weighted by Gasteiger charge is -2.44. The second-order valence-electron chi connectivity index (χ2n) is 16.6. The van der Waals surface area contributed by atoms with E-state index < -0.39 is 18.8 Å². The number of nitrogens with one attached hydrogen (secondary N) is 3. The molecule has 300 valence electrons. The van der Waals surface area contributed by atoms with Gasteiger partial charge in [0, 0.05) is 71.2 Å². The van der Waals surface area contributed by atoms with Gasteiger partial charge in [0.1, 0.15) is 5.75 Å². The predicted molar refractivity (Wildman–Crippen MR) is 211 cm³/mol. The molecule has 14 heteroatoms. The maximum atomic E-state index is 14.0. The number of ether oxygens (including phenoxy) is 2. The van der Waals surface area contributed by atoms with E-state index in [0.29, 0.717) is 50.6 Å². The fourth-order valence-electron chi connectivity index (χ4n) is 9.99. The van der Waals surface area contributed by atoms with Crippen molar-refractivity contribution in [3.05, 3.63) is 70.1 Å². The molecule has 2 fully saturated rings. The second-order valence-corrected chi connectivity index (χ2v) is 16.6. The first-order valence-corrected chi connectivity index (χ1v) is 20.0. The molecule has 3 unspecified atom stereocenters. The zero-order chi connectivity index (χ0) is 39.1. The molecule has 2 aromatic carbocycles. The Morgan fingerprint density at radius 1 is 1.16 bits per heavy atom. The summed E-state index contributed by atoms with van der Waals surface area (Å²) in [5, 5.41) is 14.3. The molecule has 1 spiro atoms. The van der Waals surface area contributed by atoms with Crippen molar-refractivity contribution in [2.24, 2.45) is 15.9 Å². The highest BCUT2D eigenvalue weighted by molar-refractivity contribution is 5.99. The summed E-state index contributed by atoms with van der Waals surface area (Å²) in [5.74, 6) is 1.35. The number of piperidine rings is 1. The summed E-state index contributed by atoms with van der Waals surface area (Å²) >= 11 is 0. The Labute approximate surface area is 326 Å². The molecule has 0 bridgehead atoms. The van der Waals surface area contributed by atoms with Gasteiger partial charge in [0.2, 0.25) is 0 Å². The summed E-state index contributed by atoms with van der Waals surface area (Å²) in [7, 11) is 1.95. The highest BCUT2D eigenvalue weighted by atomic mass is 19.4. The third-order valence-electron chi connectivity index (χ3n) is 13.1. The number of nitrogens with zero attached hydrogens (tertiary/aromatic N) is 5. The van der Waals surface area contributed by atoms with Crippen molar-refractivity contribution >= 4 is 29.7 Å². The van der Waals surface area contributed by atoms with Gasteiger partial charge in [0.25, 0.3) is 5.91 Å². The van der Waals surface area contributed by atoms with E-state index in [4.69, 9.17) is 14.5 Å². The van der Waals surface area contributed by atoms with E-state index in [0.717, 1.165) is 97.2 Å². The van der Waals surface area contributed by atoms with Crippen molar-refractivity contribution in [1.82, 2.24) is 30.6 Å². The van der Waals surface area contributed by atoms with E-state index in [1.54, 1.807) is 18.6 Å². The summed E-state index contributed by atoms with van der Waals surface area (Å²) in [4.78, 5) is 25.1. The molecule has 56 heavy (non-hydrogen) atoms. The van der Waals surface area contributed by atoms with Crippen LogP contribution in [0.5, 0.6) is 5.75 Å². The minimum atomic E-state index is -4.38. The molecule has 5 aliphatic rings. The lowest BCUT2D eigenvalue weighted by molar-refractivity contribution is -0.155. The van der Waals surface area contributed by atoms with Gasteiger partial charge in [-0.1, -0.05) is 12.1 Å². The number of aromatic amines is 1. The van der Waals surface area contributed by atoms with Crippen LogP contribution < -0.4 is 15.4 Å². The van der Waals surface area contributed by atoms with E-state index in [9.17, 15) is 18.0 Å². The molecule has 0 radical (unpaired) electrons. The highest BCUT2D eigenvalue weighted by Gasteiger charge is 2.46. The van der Waals surface area contributed by atoms with Crippen LogP contribution in [-0.2, 0) is 23.1 Å². The summed E-state index contributed by atoms with van der Waals surface area (Å²) in [6, 6.07) is 6.80. The van der Waals surface area contributed by atoms with Crippen molar-refractivity contribution in [3.8, 4) is 5.75 Å². The molecular weight excluding hydrogens is 722 g/mol. The standard InChI is InChI=1S/C42H53F3N8O3/c1-27-18-32-30(5-7-36-33(32)22-50-51-36)37(53(27)25-42(43,44)45)29(19-47-3)20-48-15-11-41(10-14-46-2)9-8-28(24-56-41)23-52-16-12-40(13-17-52)26-55-38-34-21-49-39(54)31(34)4-6-35(38)40/h4-7,19-20,22,27-28,37,46H,3,8-18,21,23-26H2,1-2H3,(H,49,54)(H,50,51)/b29-19+,48-20?/t27-,28?,37?,41?/m1/s1. The van der Waals surface area contributed by atoms with Crippen LogP contribution in [0.3, 0.4) is 0 Å². The summed E-state index contributed by atoms with van der Waals surface area (Å²) in [6.45, 7) is 10.7. The first kappa shape index (κ1) is 38.7. The lowest BCUT2D eigenvalue weighted by atomic mass is 9.73. The monoisotopic (exact) mass is 774 g/mol. The molecule has 4 atom stereocenters. The minimum Gasteiger partial charge on any atom is -0.492 e. The normalized spacial score (nSPS) is 26.7. The van der Waals surface area contributed by atoms with Crippen LogP contribution in [0, 0.1) is 5.92 Å². The summed E-state index contributed by atoms with van der Waals surface area (Å²) in [5.41, 5.74) is 5.93. The van der Waals surface area contributed by atoms with Crippen molar-refractivity contribution in [2.75, 3.05) is 59.5 Å². The fourth-order valence-corrected chi connectivity index (χ4v) is 9.99. The minimum absolute atomic E-state index is 0.0106. The first-order chi connectivity index (χ1) is 27.0. The Hall–Kier alpha value is -4.11. The van der Waals surface area contributed by atoms with Gasteiger partial charge in [-0.25, -0.2) is 0 Å². The smallest absolute Gasteiger partial charge is 0.401 e. The average molecular weight is 775 g/mol. The van der Waals surface area contributed by atoms with E-state index in [1.807, 2.05) is 32.2 Å². The molecule has 1 aromatic heterocycles. The van der Waals surface area contributed by atoms with Crippen molar-refractivity contribution in [2.45, 2.75) is 87.7 Å². The maximum Gasteiger partial charge on any atom is 0.401 e. The van der Waals surface area contributed by atoms with E-state index >= 15 is 0 Å². The lowest BCUT2D eigenvalue weighted by Crippen LogP contribution is -2.48. The largest absolute Gasteiger partial charge is 0.492 e. The highest BCUT2D eigenvalue weighted by Crippen LogP contribution is 2.49. The van der Waals surface area contributed by atoms with Gasteiger partial charge in [0.05, 0.1) is 43.1 Å². The number of hydrogen-bond donors (Lipinski definition) is 3. The first-order valence-electron chi connectivity index (χ1n) is 20.0. The topological polar surface area (TPSA) is 119 Å². The molecule has 0 aliphatic carbocycles. The van der Waals surface area contributed by atoms with Crippen LogP contribution in [0.25, 0.3) is 10.9 Å². The molecule has 5 aliphatic heterocycles. The van der Waals surface area contributed by atoms with Gasteiger partial charge in [0.15, 0.2) is 0 Å². The Morgan fingerprint density at radius 2 is 2.00 bits per heavy atom. The Bertz CT molecular complexity index is 1990. The third kappa shape index (κ3) is 7.52. The summed E-state index contributed by atoms with van der Waals surface area (Å²) < 4.78 is 55.1. The number of halogens is 3. The molecule has 8 rings (SSSR count). The molecule has 3 aromatic rings. The number of benzene rings is 2. The number of aromatic nitrogens is 2. The number of amides is 1. The molecule has 1 amide bonds. The van der Waals surface area contributed by atoms with Crippen LogP contribution >= 0.6 is 0 Å². The molecule has 11 nitrogen and oxygen atoms in total. The Balaban J connectivity index is 0.902. The second kappa shape index (κ2) is 15.7. The van der Waals surface area contributed by atoms with Crippen molar-refractivity contribution in [1.29, 1.82) is 0 Å².